The second kappa shape index (κ2) is 4.65. The highest BCUT2D eigenvalue weighted by molar-refractivity contribution is 5.70. The van der Waals surface area contributed by atoms with E-state index in [1.807, 2.05) is 12.1 Å². The summed E-state index contributed by atoms with van der Waals surface area (Å²) in [6.07, 6.45) is 5.53. The van der Waals surface area contributed by atoms with Crippen LogP contribution in [0.2, 0.25) is 0 Å². The van der Waals surface area contributed by atoms with Gasteiger partial charge in [-0.05, 0) is 31.0 Å². The molecule has 1 fully saturated rings. The van der Waals surface area contributed by atoms with Crippen LogP contribution in [0.15, 0.2) is 35.1 Å². The molecule has 5 heteroatoms. The average molecular weight is 254 g/mol. The van der Waals surface area contributed by atoms with Gasteiger partial charge in [-0.1, -0.05) is 0 Å². The lowest BCUT2D eigenvalue weighted by molar-refractivity contribution is 0.500. The number of rotatable bonds is 4. The Morgan fingerprint density at radius 3 is 2.95 bits per heavy atom. The van der Waals surface area contributed by atoms with E-state index in [2.05, 4.69) is 16.0 Å². The van der Waals surface area contributed by atoms with Crippen molar-refractivity contribution < 1.29 is 4.42 Å². The molecule has 1 aliphatic rings. The summed E-state index contributed by atoms with van der Waals surface area (Å²) in [7, 11) is 0. The van der Waals surface area contributed by atoms with E-state index in [4.69, 9.17) is 15.4 Å². The maximum Gasteiger partial charge on any atom is 0.153 e. The van der Waals surface area contributed by atoms with Crippen LogP contribution in [0.25, 0.3) is 0 Å². The molecule has 0 atom stereocenters. The van der Waals surface area contributed by atoms with Gasteiger partial charge in [-0.25, -0.2) is 4.98 Å². The highest BCUT2D eigenvalue weighted by Gasteiger charge is 2.32. The number of hydrogen-bond acceptors (Lipinski definition) is 5. The number of aromatic nitrogens is 1. The zero-order valence-electron chi connectivity index (χ0n) is 10.4. The molecule has 0 bridgehead atoms. The van der Waals surface area contributed by atoms with Crippen LogP contribution in [0.4, 0.5) is 11.5 Å². The third-order valence-electron chi connectivity index (χ3n) is 3.26. The van der Waals surface area contributed by atoms with Crippen molar-refractivity contribution >= 4 is 11.5 Å². The summed E-state index contributed by atoms with van der Waals surface area (Å²) in [6, 6.07) is 7.96. The molecule has 0 unspecified atom stereocenters. The van der Waals surface area contributed by atoms with Crippen molar-refractivity contribution in [3.05, 3.63) is 42.0 Å². The minimum absolute atomic E-state index is 0.439. The van der Waals surface area contributed by atoms with Gasteiger partial charge in [-0.3, -0.25) is 0 Å². The van der Waals surface area contributed by atoms with Gasteiger partial charge in [-0.2, -0.15) is 5.26 Å². The monoisotopic (exact) mass is 254 g/mol. The lowest BCUT2D eigenvalue weighted by Crippen LogP contribution is -2.27. The summed E-state index contributed by atoms with van der Waals surface area (Å²) in [6.45, 7) is 0.629. The van der Waals surface area contributed by atoms with Gasteiger partial charge >= 0.3 is 0 Å². The number of furan rings is 1. The van der Waals surface area contributed by atoms with Gasteiger partial charge in [0.25, 0.3) is 0 Å². The normalized spacial score (nSPS) is 14.1. The Bertz CT molecular complexity index is 611. The van der Waals surface area contributed by atoms with Gasteiger partial charge in [0.15, 0.2) is 5.82 Å². The number of anilines is 2. The summed E-state index contributed by atoms with van der Waals surface area (Å²) in [5, 5.41) is 9.04. The maximum atomic E-state index is 9.04. The van der Waals surface area contributed by atoms with Crippen molar-refractivity contribution in [1.29, 1.82) is 5.26 Å². The fourth-order valence-electron chi connectivity index (χ4n) is 2.12. The van der Waals surface area contributed by atoms with E-state index in [9.17, 15) is 0 Å². The Morgan fingerprint density at radius 1 is 1.47 bits per heavy atom. The van der Waals surface area contributed by atoms with Crippen molar-refractivity contribution in [3.63, 3.8) is 0 Å². The Hall–Kier alpha value is -2.48. The fraction of sp³-hybridized carbons (Fsp3) is 0.286. The summed E-state index contributed by atoms with van der Waals surface area (Å²) in [4.78, 5) is 6.46. The topological polar surface area (TPSA) is 79.1 Å². The zero-order valence-corrected chi connectivity index (χ0v) is 10.4. The summed E-state index contributed by atoms with van der Waals surface area (Å²) in [5.74, 6) is 1.55. The lowest BCUT2D eigenvalue weighted by Gasteiger charge is -2.24. The second-order valence-corrected chi connectivity index (χ2v) is 4.65. The summed E-state index contributed by atoms with van der Waals surface area (Å²) >= 11 is 0. The molecule has 19 heavy (non-hydrogen) atoms. The van der Waals surface area contributed by atoms with E-state index < -0.39 is 0 Å². The predicted molar refractivity (Wildman–Crippen MR) is 71.3 cm³/mol. The van der Waals surface area contributed by atoms with Crippen LogP contribution >= 0.6 is 0 Å². The molecule has 0 aromatic carbocycles. The van der Waals surface area contributed by atoms with Crippen molar-refractivity contribution in [2.75, 3.05) is 10.6 Å². The first kappa shape index (κ1) is 11.6. The maximum absolute atomic E-state index is 9.04. The van der Waals surface area contributed by atoms with E-state index in [-0.39, 0.29) is 0 Å². The van der Waals surface area contributed by atoms with E-state index in [1.54, 1.807) is 18.5 Å². The molecule has 1 saturated carbocycles. The highest BCUT2D eigenvalue weighted by Crippen LogP contribution is 2.35. The largest absolute Gasteiger partial charge is 0.467 e. The van der Waals surface area contributed by atoms with Crippen LogP contribution < -0.4 is 10.6 Å². The Kier molecular flexibility index (Phi) is 2.84. The molecule has 0 amide bonds. The van der Waals surface area contributed by atoms with Crippen molar-refractivity contribution in [3.8, 4) is 6.07 Å². The van der Waals surface area contributed by atoms with Gasteiger partial charge in [-0.15, -0.1) is 0 Å². The third kappa shape index (κ3) is 2.25. The van der Waals surface area contributed by atoms with Gasteiger partial charge in [0, 0.05) is 12.2 Å². The van der Waals surface area contributed by atoms with E-state index >= 15 is 0 Å². The van der Waals surface area contributed by atoms with Crippen molar-refractivity contribution in [2.45, 2.75) is 25.4 Å². The molecule has 5 nitrogen and oxygen atoms in total. The molecule has 1 aliphatic carbocycles. The van der Waals surface area contributed by atoms with Crippen LogP contribution in [0.1, 0.15) is 24.2 Å². The van der Waals surface area contributed by atoms with Crippen LogP contribution in [-0.2, 0) is 6.54 Å². The van der Waals surface area contributed by atoms with Gasteiger partial charge in [0.2, 0.25) is 0 Å². The molecule has 3 rings (SSSR count). The first-order valence-electron chi connectivity index (χ1n) is 6.23. The lowest BCUT2D eigenvalue weighted by atomic mass is 10.2. The molecular formula is C14H14N4O. The van der Waals surface area contributed by atoms with E-state index in [1.165, 1.54) is 0 Å². The Balaban J connectivity index is 1.94. The molecule has 0 saturated heterocycles. The molecule has 0 aliphatic heterocycles. The van der Waals surface area contributed by atoms with Gasteiger partial charge in [0.05, 0.1) is 24.1 Å². The molecule has 2 aromatic heterocycles. The second-order valence-electron chi connectivity index (χ2n) is 4.65. The Morgan fingerprint density at radius 2 is 2.32 bits per heavy atom. The number of hydrogen-bond donors (Lipinski definition) is 1. The quantitative estimate of drug-likeness (QED) is 0.905. The van der Waals surface area contributed by atoms with E-state index in [0.717, 1.165) is 18.6 Å². The van der Waals surface area contributed by atoms with Crippen LogP contribution in [0.3, 0.4) is 0 Å². The molecular weight excluding hydrogens is 240 g/mol. The minimum Gasteiger partial charge on any atom is -0.467 e. The third-order valence-corrected chi connectivity index (χ3v) is 3.26. The standard InChI is InChI=1S/C14H14N4O/c15-8-10-5-6-17-14(13(10)16)18(11-3-4-11)9-12-2-1-7-19-12/h1-2,5-7,11H,3-4,9,16H2. The number of pyridine rings is 1. The number of nitrogens with zero attached hydrogens (tertiary/aromatic N) is 3. The molecule has 2 N–H and O–H groups in total. The first-order chi connectivity index (χ1) is 9.29. The Labute approximate surface area is 111 Å². The number of nitrogen functional groups attached to an aromatic ring is 1. The molecule has 0 radical (unpaired) electrons. The minimum atomic E-state index is 0.439. The summed E-state index contributed by atoms with van der Waals surface area (Å²) in [5.41, 5.74) is 6.95. The van der Waals surface area contributed by atoms with Crippen LogP contribution in [0.5, 0.6) is 0 Å². The van der Waals surface area contributed by atoms with Crippen molar-refractivity contribution in [1.82, 2.24) is 4.98 Å². The molecule has 0 spiro atoms. The average Bonchev–Trinajstić information content (AvgIpc) is 3.14. The molecule has 96 valence electrons. The highest BCUT2D eigenvalue weighted by atomic mass is 16.3. The number of nitriles is 1. The fourth-order valence-corrected chi connectivity index (χ4v) is 2.12. The van der Waals surface area contributed by atoms with Gasteiger partial charge in [0.1, 0.15) is 11.8 Å². The summed E-state index contributed by atoms with van der Waals surface area (Å²) < 4.78 is 5.38. The van der Waals surface area contributed by atoms with Crippen LogP contribution in [-0.4, -0.2) is 11.0 Å². The number of nitrogens with two attached hydrogens (primary N) is 1. The smallest absolute Gasteiger partial charge is 0.153 e. The van der Waals surface area contributed by atoms with E-state index in [0.29, 0.717) is 29.7 Å². The van der Waals surface area contributed by atoms with Crippen LogP contribution in [0, 0.1) is 11.3 Å². The predicted octanol–water partition coefficient (Wildman–Crippen LogP) is 2.30. The van der Waals surface area contributed by atoms with Gasteiger partial charge < -0.3 is 15.1 Å². The SMILES string of the molecule is N#Cc1ccnc(N(Cc2ccco2)C2CC2)c1N. The molecule has 2 aromatic rings. The molecule has 2 heterocycles. The zero-order chi connectivity index (χ0) is 13.2. The van der Waals surface area contributed by atoms with Crippen molar-refractivity contribution in [2.24, 2.45) is 0 Å². The first-order valence-corrected chi connectivity index (χ1v) is 6.23.